The molecular formula is C21H18N2O2. The molecule has 0 aromatic heterocycles. The average Bonchev–Trinajstić information content (AvgIpc) is 2.67. The number of amides is 1. The molecule has 3 aromatic carbocycles. The maximum absolute atomic E-state index is 12.2. The van der Waals surface area contributed by atoms with Crippen molar-refractivity contribution in [2.75, 3.05) is 5.32 Å². The molecular weight excluding hydrogens is 312 g/mol. The third-order valence-corrected chi connectivity index (χ3v) is 3.55. The number of benzene rings is 3. The van der Waals surface area contributed by atoms with Gasteiger partial charge in [-0.2, -0.15) is 0 Å². The molecule has 3 aromatic rings. The van der Waals surface area contributed by atoms with E-state index in [1.807, 2.05) is 72.8 Å². The van der Waals surface area contributed by atoms with Crippen LogP contribution in [0.25, 0.3) is 0 Å². The first kappa shape index (κ1) is 16.5. The summed E-state index contributed by atoms with van der Waals surface area (Å²) in [5, 5.41) is 6.80. The van der Waals surface area contributed by atoms with E-state index in [0.717, 1.165) is 16.8 Å². The van der Waals surface area contributed by atoms with Crippen LogP contribution >= 0.6 is 0 Å². The molecule has 0 aliphatic carbocycles. The first-order chi connectivity index (χ1) is 12.3. The van der Waals surface area contributed by atoms with E-state index in [4.69, 9.17) is 4.84 Å². The molecule has 4 heteroatoms. The topological polar surface area (TPSA) is 50.7 Å². The molecule has 0 fully saturated rings. The Bertz CT molecular complexity index is 829. The van der Waals surface area contributed by atoms with Crippen LogP contribution in [0.4, 0.5) is 5.69 Å². The molecule has 4 nitrogen and oxygen atoms in total. The zero-order chi connectivity index (χ0) is 17.3. The molecule has 0 bridgehead atoms. The Morgan fingerprint density at radius 1 is 0.880 bits per heavy atom. The van der Waals surface area contributed by atoms with Gasteiger partial charge in [0.05, 0.1) is 6.21 Å². The summed E-state index contributed by atoms with van der Waals surface area (Å²) in [5.41, 5.74) is 3.30. The van der Waals surface area contributed by atoms with E-state index >= 15 is 0 Å². The molecule has 0 heterocycles. The Morgan fingerprint density at radius 2 is 1.52 bits per heavy atom. The molecule has 0 saturated heterocycles. The van der Waals surface area contributed by atoms with Crippen molar-refractivity contribution >= 4 is 17.8 Å². The Balaban J connectivity index is 1.52. The van der Waals surface area contributed by atoms with Crippen molar-refractivity contribution in [2.45, 2.75) is 6.61 Å². The molecule has 0 unspecified atom stereocenters. The summed E-state index contributed by atoms with van der Waals surface area (Å²) >= 11 is 0. The molecule has 0 radical (unpaired) electrons. The van der Waals surface area contributed by atoms with Gasteiger partial charge in [-0.15, -0.1) is 0 Å². The summed E-state index contributed by atoms with van der Waals surface area (Å²) in [6.45, 7) is 0.351. The third kappa shape index (κ3) is 5.04. The number of oxime groups is 1. The molecule has 3 rings (SSSR count). The fourth-order valence-corrected chi connectivity index (χ4v) is 2.23. The van der Waals surface area contributed by atoms with E-state index < -0.39 is 0 Å². The van der Waals surface area contributed by atoms with Gasteiger partial charge in [0, 0.05) is 11.3 Å². The van der Waals surface area contributed by atoms with Gasteiger partial charge < -0.3 is 10.2 Å². The van der Waals surface area contributed by atoms with Gasteiger partial charge in [-0.05, 0) is 35.4 Å². The maximum Gasteiger partial charge on any atom is 0.255 e. The minimum atomic E-state index is -0.138. The van der Waals surface area contributed by atoms with E-state index in [-0.39, 0.29) is 5.91 Å². The Labute approximate surface area is 146 Å². The fourth-order valence-electron chi connectivity index (χ4n) is 2.23. The monoisotopic (exact) mass is 330 g/mol. The van der Waals surface area contributed by atoms with E-state index in [2.05, 4.69) is 10.5 Å². The summed E-state index contributed by atoms with van der Waals surface area (Å²) in [5.74, 6) is -0.138. The quantitative estimate of drug-likeness (QED) is 0.535. The molecule has 124 valence electrons. The molecule has 25 heavy (non-hydrogen) atoms. The number of nitrogens with zero attached hydrogens (tertiary/aromatic N) is 1. The summed E-state index contributed by atoms with van der Waals surface area (Å²) in [4.78, 5) is 17.5. The van der Waals surface area contributed by atoms with Gasteiger partial charge in [0.15, 0.2) is 0 Å². The van der Waals surface area contributed by atoms with Gasteiger partial charge in [-0.25, -0.2) is 0 Å². The predicted octanol–water partition coefficient (Wildman–Crippen LogP) is 4.49. The van der Waals surface area contributed by atoms with Gasteiger partial charge >= 0.3 is 0 Å². The number of hydrogen-bond acceptors (Lipinski definition) is 3. The first-order valence-corrected chi connectivity index (χ1v) is 7.97. The molecule has 0 aliphatic rings. The van der Waals surface area contributed by atoms with Crippen molar-refractivity contribution in [3.8, 4) is 0 Å². The second kappa shape index (κ2) is 8.45. The van der Waals surface area contributed by atoms with Gasteiger partial charge in [0.25, 0.3) is 5.91 Å². The van der Waals surface area contributed by atoms with E-state index in [1.165, 1.54) is 0 Å². The smallest absolute Gasteiger partial charge is 0.255 e. The fraction of sp³-hybridized carbons (Fsp3) is 0.0476. The van der Waals surface area contributed by atoms with Crippen molar-refractivity contribution in [2.24, 2.45) is 5.16 Å². The second-order valence-electron chi connectivity index (χ2n) is 5.44. The zero-order valence-electron chi connectivity index (χ0n) is 13.6. The summed E-state index contributed by atoms with van der Waals surface area (Å²) in [6.07, 6.45) is 1.67. The van der Waals surface area contributed by atoms with E-state index in [1.54, 1.807) is 18.3 Å². The Kier molecular flexibility index (Phi) is 5.56. The summed E-state index contributed by atoms with van der Waals surface area (Å²) in [6, 6.07) is 26.4. The highest BCUT2D eigenvalue weighted by Gasteiger charge is 2.05. The van der Waals surface area contributed by atoms with Gasteiger partial charge in [-0.3, -0.25) is 4.79 Å². The molecule has 1 amide bonds. The second-order valence-corrected chi connectivity index (χ2v) is 5.44. The maximum atomic E-state index is 12.2. The van der Waals surface area contributed by atoms with Crippen LogP contribution in [0.1, 0.15) is 21.5 Å². The lowest BCUT2D eigenvalue weighted by molar-refractivity contribution is 0.102. The Morgan fingerprint density at radius 3 is 2.20 bits per heavy atom. The molecule has 0 aliphatic heterocycles. The third-order valence-electron chi connectivity index (χ3n) is 3.55. The first-order valence-electron chi connectivity index (χ1n) is 7.97. The van der Waals surface area contributed by atoms with Crippen molar-refractivity contribution in [3.63, 3.8) is 0 Å². The van der Waals surface area contributed by atoms with E-state index in [9.17, 15) is 4.79 Å². The number of rotatable bonds is 6. The van der Waals surface area contributed by atoms with Crippen LogP contribution < -0.4 is 5.32 Å². The molecule has 0 spiro atoms. The lowest BCUT2D eigenvalue weighted by atomic mass is 10.1. The SMILES string of the molecule is O=C(Nc1ccccc1)c1ccc(CO/N=C\c2ccccc2)cc1. The van der Waals surface area contributed by atoms with E-state index in [0.29, 0.717) is 12.2 Å². The lowest BCUT2D eigenvalue weighted by Crippen LogP contribution is -2.11. The molecule has 0 atom stereocenters. The van der Waals surface area contributed by atoms with Crippen LogP contribution in [0, 0.1) is 0 Å². The van der Waals surface area contributed by atoms with Crippen LogP contribution in [0.3, 0.4) is 0 Å². The number of para-hydroxylation sites is 1. The van der Waals surface area contributed by atoms with Crippen LogP contribution in [-0.2, 0) is 11.4 Å². The highest BCUT2D eigenvalue weighted by atomic mass is 16.6. The van der Waals surface area contributed by atoms with Crippen LogP contribution in [0.5, 0.6) is 0 Å². The summed E-state index contributed by atoms with van der Waals surface area (Å²) < 4.78 is 0. The van der Waals surface area contributed by atoms with Gasteiger partial charge in [0.1, 0.15) is 6.61 Å². The molecule has 1 N–H and O–H groups in total. The standard InChI is InChI=1S/C21H18N2O2/c24-21(23-20-9-5-2-6-10-20)19-13-11-18(12-14-19)16-25-22-15-17-7-3-1-4-8-17/h1-15H,16H2,(H,23,24)/b22-15-. The predicted molar refractivity (Wildman–Crippen MR) is 99.7 cm³/mol. The number of carbonyl (C=O) groups is 1. The zero-order valence-corrected chi connectivity index (χ0v) is 13.6. The number of hydrogen-bond donors (Lipinski definition) is 1. The lowest BCUT2D eigenvalue weighted by Gasteiger charge is -2.06. The minimum Gasteiger partial charge on any atom is -0.391 e. The normalized spacial score (nSPS) is 10.6. The number of carbonyl (C=O) groups excluding carboxylic acids is 1. The highest BCUT2D eigenvalue weighted by Crippen LogP contribution is 2.10. The van der Waals surface area contributed by atoms with Crippen molar-refractivity contribution < 1.29 is 9.63 Å². The average molecular weight is 330 g/mol. The van der Waals surface area contributed by atoms with Crippen molar-refractivity contribution in [3.05, 3.63) is 102 Å². The van der Waals surface area contributed by atoms with Crippen LogP contribution in [0.15, 0.2) is 90.1 Å². The van der Waals surface area contributed by atoms with Gasteiger partial charge in [0.2, 0.25) is 0 Å². The number of nitrogens with one attached hydrogen (secondary N) is 1. The van der Waals surface area contributed by atoms with Gasteiger partial charge in [-0.1, -0.05) is 65.8 Å². The molecule has 0 saturated carbocycles. The van der Waals surface area contributed by atoms with Crippen molar-refractivity contribution in [1.29, 1.82) is 0 Å². The largest absolute Gasteiger partial charge is 0.391 e. The summed E-state index contributed by atoms with van der Waals surface area (Å²) in [7, 11) is 0. The van der Waals surface area contributed by atoms with Crippen LogP contribution in [0.2, 0.25) is 0 Å². The highest BCUT2D eigenvalue weighted by molar-refractivity contribution is 6.04. The van der Waals surface area contributed by atoms with Crippen molar-refractivity contribution in [1.82, 2.24) is 0 Å². The number of anilines is 1. The minimum absolute atomic E-state index is 0.138. The van der Waals surface area contributed by atoms with Crippen LogP contribution in [-0.4, -0.2) is 12.1 Å². The Hall–Kier alpha value is -3.40.